The summed E-state index contributed by atoms with van der Waals surface area (Å²) in [5.41, 5.74) is 0.380. The third kappa shape index (κ3) is 6.87. The van der Waals surface area contributed by atoms with Crippen molar-refractivity contribution in [2.24, 2.45) is 0 Å². The van der Waals surface area contributed by atoms with Crippen LogP contribution in [-0.2, 0) is 28.3 Å². The van der Waals surface area contributed by atoms with Crippen molar-refractivity contribution in [1.82, 2.24) is 15.0 Å². The molecule has 0 aliphatic rings. The van der Waals surface area contributed by atoms with Crippen LogP contribution in [0.3, 0.4) is 0 Å². The molecule has 0 saturated heterocycles. The van der Waals surface area contributed by atoms with E-state index in [1.807, 2.05) is 0 Å². The molecule has 0 spiro atoms. The van der Waals surface area contributed by atoms with Gasteiger partial charge in [0.05, 0.1) is 11.5 Å². The third-order valence-corrected chi connectivity index (χ3v) is 5.51. The molecule has 138 valence electrons. The van der Waals surface area contributed by atoms with E-state index in [2.05, 4.69) is 28.1 Å². The normalized spacial score (nSPS) is 11.7. The van der Waals surface area contributed by atoms with Crippen molar-refractivity contribution >= 4 is 84.9 Å². The Hall–Kier alpha value is -0.570. The Bertz CT molecular complexity index is 952. The molecule has 0 unspecified atom stereocenters. The first-order valence-corrected chi connectivity index (χ1v) is 9.91. The number of halogens is 2. The SMILES string of the molecule is CCOS(=O)(=O)OS(=O)(=O)c1ccc(Nc2nc(Cl)nc(Cl)n2)cc1.[NaH]. The molecule has 0 fully saturated rings. The zero-order valence-electron chi connectivity index (χ0n) is 12.4. The average molecular weight is 453 g/mol. The van der Waals surface area contributed by atoms with Crippen LogP contribution in [0.4, 0.5) is 11.6 Å². The molecule has 0 atom stereocenters. The number of hydrogen-bond acceptors (Lipinski definition) is 10. The summed E-state index contributed by atoms with van der Waals surface area (Å²) in [6.07, 6.45) is 0. The van der Waals surface area contributed by atoms with Crippen molar-refractivity contribution in [2.75, 3.05) is 11.9 Å². The molecule has 2 aromatic rings. The van der Waals surface area contributed by atoms with Crippen LogP contribution >= 0.6 is 23.2 Å². The molecule has 1 aromatic heterocycles. The zero-order valence-corrected chi connectivity index (χ0v) is 15.5. The minimum atomic E-state index is -4.67. The second-order valence-corrected chi connectivity index (χ2v) is 7.84. The summed E-state index contributed by atoms with van der Waals surface area (Å²) >= 11 is 11.3. The average Bonchev–Trinajstić information content (AvgIpc) is 2.45. The van der Waals surface area contributed by atoms with Crippen molar-refractivity contribution < 1.29 is 24.6 Å². The van der Waals surface area contributed by atoms with Gasteiger partial charge in [0.2, 0.25) is 16.5 Å². The Morgan fingerprint density at radius 2 is 1.54 bits per heavy atom. The summed E-state index contributed by atoms with van der Waals surface area (Å²) in [7, 11) is -9.23. The van der Waals surface area contributed by atoms with E-state index in [9.17, 15) is 16.8 Å². The van der Waals surface area contributed by atoms with Crippen LogP contribution in [0.5, 0.6) is 0 Å². The predicted molar refractivity (Wildman–Crippen MR) is 95.5 cm³/mol. The zero-order chi connectivity index (χ0) is 18.7. The Labute approximate surface area is 182 Å². The van der Waals surface area contributed by atoms with Gasteiger partial charge in [-0.25, -0.2) is 4.18 Å². The summed E-state index contributed by atoms with van der Waals surface area (Å²) in [5, 5.41) is 2.47. The maximum atomic E-state index is 11.9. The molecule has 0 amide bonds. The molecule has 0 radical (unpaired) electrons. The number of nitrogens with one attached hydrogen (secondary N) is 1. The van der Waals surface area contributed by atoms with Crippen molar-refractivity contribution in [3.05, 3.63) is 34.8 Å². The monoisotopic (exact) mass is 452 g/mol. The van der Waals surface area contributed by atoms with E-state index in [4.69, 9.17) is 23.2 Å². The molecule has 15 heteroatoms. The van der Waals surface area contributed by atoms with Crippen molar-refractivity contribution in [2.45, 2.75) is 11.8 Å². The van der Waals surface area contributed by atoms with Gasteiger partial charge >= 0.3 is 50.1 Å². The Balaban J connectivity index is 0.00000338. The maximum absolute atomic E-state index is 11.9. The topological polar surface area (TPSA) is 137 Å². The van der Waals surface area contributed by atoms with E-state index in [1.165, 1.54) is 19.1 Å². The van der Waals surface area contributed by atoms with Gasteiger partial charge in [-0.1, -0.05) is 0 Å². The number of anilines is 2. The number of aromatic nitrogens is 3. The standard InChI is InChI=1S/C11H10Cl2N4O6S2.Na.H/c1-2-22-25(20,21)23-24(18,19)8-5-3-7(4-6-8)14-11-16-9(12)15-10(13)17-11;;/h3-6H,2H2,1H3,(H,14,15,16,17);;. The summed E-state index contributed by atoms with van der Waals surface area (Å²) in [5.74, 6) is 0.0378. The fourth-order valence-electron chi connectivity index (χ4n) is 1.53. The Morgan fingerprint density at radius 1 is 1.00 bits per heavy atom. The molecule has 0 aliphatic carbocycles. The van der Waals surface area contributed by atoms with E-state index in [1.54, 1.807) is 0 Å². The van der Waals surface area contributed by atoms with Gasteiger partial charge in [-0.05, 0) is 54.4 Å². The molecule has 0 bridgehead atoms. The fourth-order valence-corrected chi connectivity index (χ4v) is 4.00. The Morgan fingerprint density at radius 3 is 2.04 bits per heavy atom. The van der Waals surface area contributed by atoms with Crippen molar-refractivity contribution in [3.8, 4) is 0 Å². The number of nitrogens with zero attached hydrogens (tertiary/aromatic N) is 3. The number of rotatable bonds is 7. The van der Waals surface area contributed by atoms with Gasteiger partial charge < -0.3 is 5.32 Å². The summed E-state index contributed by atoms with van der Waals surface area (Å²) < 4.78 is 54.7. The van der Waals surface area contributed by atoms with Crippen molar-refractivity contribution in [1.29, 1.82) is 0 Å². The molecular formula is C11H11Cl2N4NaO6S2. The van der Waals surface area contributed by atoms with Crippen LogP contribution in [0, 0.1) is 0 Å². The first-order valence-electron chi connectivity index (χ1n) is 6.41. The molecule has 2 rings (SSSR count). The van der Waals surface area contributed by atoms with Crippen LogP contribution in [0.1, 0.15) is 6.92 Å². The van der Waals surface area contributed by atoms with Gasteiger partial charge in [-0.3, -0.25) is 0 Å². The van der Waals surface area contributed by atoms with Gasteiger partial charge in [0.15, 0.2) is 0 Å². The van der Waals surface area contributed by atoms with Gasteiger partial charge in [0.25, 0.3) is 0 Å². The summed E-state index contributed by atoms with van der Waals surface area (Å²) in [6, 6.07) is 4.89. The summed E-state index contributed by atoms with van der Waals surface area (Å²) in [4.78, 5) is 10.7. The number of benzene rings is 1. The molecule has 1 aromatic carbocycles. The second-order valence-electron chi connectivity index (χ2n) is 4.18. The molecule has 10 nitrogen and oxygen atoms in total. The molecule has 0 aliphatic heterocycles. The van der Waals surface area contributed by atoms with Gasteiger partial charge in [0.1, 0.15) is 0 Å². The Kier molecular flexibility index (Phi) is 8.64. The third-order valence-electron chi connectivity index (χ3n) is 2.42. The summed E-state index contributed by atoms with van der Waals surface area (Å²) in [6.45, 7) is 1.10. The first-order chi connectivity index (χ1) is 11.6. The van der Waals surface area contributed by atoms with E-state index in [0.717, 1.165) is 12.1 Å². The molecule has 1 heterocycles. The second kappa shape index (κ2) is 9.57. The van der Waals surface area contributed by atoms with E-state index < -0.39 is 25.4 Å². The van der Waals surface area contributed by atoms with Crippen LogP contribution in [0.25, 0.3) is 0 Å². The van der Waals surface area contributed by atoms with Crippen LogP contribution in [-0.4, -0.2) is 68.0 Å². The van der Waals surface area contributed by atoms with Crippen LogP contribution in [0.15, 0.2) is 29.2 Å². The van der Waals surface area contributed by atoms with E-state index in [0.29, 0.717) is 5.69 Å². The molecule has 26 heavy (non-hydrogen) atoms. The molecular weight excluding hydrogens is 442 g/mol. The van der Waals surface area contributed by atoms with Crippen molar-refractivity contribution in [3.63, 3.8) is 0 Å². The first kappa shape index (κ1) is 23.5. The van der Waals surface area contributed by atoms with Crippen LogP contribution < -0.4 is 5.32 Å². The predicted octanol–water partition coefficient (Wildman–Crippen LogP) is 1.26. The van der Waals surface area contributed by atoms with E-state index >= 15 is 0 Å². The van der Waals surface area contributed by atoms with Crippen LogP contribution in [0.2, 0.25) is 10.6 Å². The molecule has 1 N–H and O–H groups in total. The fraction of sp³-hybridized carbons (Fsp3) is 0.182. The number of hydrogen-bond donors (Lipinski definition) is 1. The minimum absolute atomic E-state index is 0. The van der Waals surface area contributed by atoms with Gasteiger partial charge in [0, 0.05) is 5.69 Å². The quantitative estimate of drug-likeness (QED) is 0.610. The van der Waals surface area contributed by atoms with Gasteiger partial charge in [-0.15, -0.1) is 3.63 Å². The van der Waals surface area contributed by atoms with Gasteiger partial charge in [-0.2, -0.15) is 31.8 Å². The molecule has 0 saturated carbocycles. The van der Waals surface area contributed by atoms with E-state index in [-0.39, 0.29) is 52.7 Å².